The Morgan fingerprint density at radius 2 is 2.17 bits per heavy atom. The first kappa shape index (κ1) is 23.1. The lowest BCUT2D eigenvalue weighted by Gasteiger charge is -2.36. The summed E-state index contributed by atoms with van der Waals surface area (Å²) < 4.78 is 20.4. The van der Waals surface area contributed by atoms with Gasteiger partial charge in [0.25, 0.3) is 11.9 Å². The number of hydrogen-bond donors (Lipinski definition) is 3. The Balaban J connectivity index is 1.53. The number of nitrogens with zero attached hydrogens (tertiary/aromatic N) is 3. The molecule has 2 heterocycles. The van der Waals surface area contributed by atoms with Crippen LogP contribution in [0, 0.1) is 0 Å². The summed E-state index contributed by atoms with van der Waals surface area (Å²) in [6, 6.07) is 5.27. The van der Waals surface area contributed by atoms with Crippen molar-refractivity contribution in [1.82, 2.24) is 9.62 Å². The van der Waals surface area contributed by atoms with Crippen molar-refractivity contribution < 1.29 is 14.1 Å². The van der Waals surface area contributed by atoms with Crippen molar-refractivity contribution in [2.75, 3.05) is 61.8 Å². The van der Waals surface area contributed by atoms with Crippen LogP contribution >= 0.6 is 15.9 Å². The maximum absolute atomic E-state index is 12.5. The van der Waals surface area contributed by atoms with Crippen LogP contribution in [0.15, 0.2) is 27.7 Å². The molecule has 2 aliphatic heterocycles. The molecular weight excluding hydrogens is 472 g/mol. The molecule has 1 aromatic carbocycles. The molecule has 0 spiro atoms. The molecule has 166 valence electrons. The van der Waals surface area contributed by atoms with Crippen molar-refractivity contribution in [3.05, 3.63) is 22.7 Å². The van der Waals surface area contributed by atoms with Gasteiger partial charge in [-0.2, -0.15) is 0 Å². The van der Waals surface area contributed by atoms with Gasteiger partial charge in [0.2, 0.25) is 0 Å². The van der Waals surface area contributed by atoms with E-state index in [1.54, 1.807) is 0 Å². The zero-order valence-electron chi connectivity index (χ0n) is 17.1. The van der Waals surface area contributed by atoms with Gasteiger partial charge in [0, 0.05) is 41.0 Å². The highest BCUT2D eigenvalue weighted by atomic mass is 79.9. The minimum atomic E-state index is -0.934. The van der Waals surface area contributed by atoms with Crippen LogP contribution in [0.3, 0.4) is 0 Å². The first-order valence-corrected chi connectivity index (χ1v) is 12.2. The van der Waals surface area contributed by atoms with E-state index in [9.17, 15) is 9.35 Å². The molecule has 0 radical (unpaired) electrons. The molecule has 1 aromatic rings. The van der Waals surface area contributed by atoms with E-state index in [1.807, 2.05) is 22.5 Å². The summed E-state index contributed by atoms with van der Waals surface area (Å²) in [5.74, 6) is 0.436. The molecule has 0 bridgehead atoms. The van der Waals surface area contributed by atoms with Gasteiger partial charge in [-0.15, -0.1) is 4.31 Å². The van der Waals surface area contributed by atoms with Gasteiger partial charge in [0.05, 0.1) is 18.8 Å². The smallest absolute Gasteiger partial charge is 0.282 e. The summed E-state index contributed by atoms with van der Waals surface area (Å²) in [7, 11) is 0. The Labute approximate surface area is 188 Å². The quantitative estimate of drug-likeness (QED) is 0.340. The fourth-order valence-electron chi connectivity index (χ4n) is 3.32. The van der Waals surface area contributed by atoms with Gasteiger partial charge in [-0.05, 0) is 47.2 Å². The second-order valence-electron chi connectivity index (χ2n) is 7.10. The summed E-state index contributed by atoms with van der Waals surface area (Å²) >= 11 is 2.55. The molecule has 1 saturated heterocycles. The fourth-order valence-corrected chi connectivity index (χ4v) is 4.89. The Hall–Kier alpha value is -1.53. The first-order chi connectivity index (χ1) is 14.5. The molecule has 4 N–H and O–H groups in total. The number of hydrogen-bond acceptors (Lipinski definition) is 8. The van der Waals surface area contributed by atoms with Gasteiger partial charge in [-0.3, -0.25) is 4.79 Å². The van der Waals surface area contributed by atoms with Crippen LogP contribution in [-0.4, -0.2) is 78.5 Å². The van der Waals surface area contributed by atoms with Crippen molar-refractivity contribution in [2.45, 2.75) is 19.4 Å². The van der Waals surface area contributed by atoms with E-state index in [4.69, 9.17) is 10.5 Å². The fraction of sp³-hybridized carbons (Fsp3) is 0.579. The van der Waals surface area contributed by atoms with Crippen LogP contribution in [0.5, 0.6) is 0 Å². The van der Waals surface area contributed by atoms with Crippen molar-refractivity contribution in [3.63, 3.8) is 0 Å². The molecule has 1 amide bonds. The Bertz CT molecular complexity index is 760. The van der Waals surface area contributed by atoms with Crippen molar-refractivity contribution >= 4 is 50.6 Å². The molecule has 9 nitrogen and oxygen atoms in total. The number of carbonyl (C=O) groups excluding carboxylic acids is 1. The lowest BCUT2D eigenvalue weighted by atomic mass is 10.2. The van der Waals surface area contributed by atoms with E-state index in [1.165, 1.54) is 0 Å². The molecule has 2 aliphatic rings. The highest BCUT2D eigenvalue weighted by Crippen LogP contribution is 2.29. The number of rotatable bonds is 9. The summed E-state index contributed by atoms with van der Waals surface area (Å²) in [6.45, 7) is 7.14. The number of aliphatic imine (C=N–C) groups is 1. The number of amides is 1. The Kier molecular flexibility index (Phi) is 8.63. The van der Waals surface area contributed by atoms with E-state index in [0.717, 1.165) is 55.8 Å². The van der Waals surface area contributed by atoms with Gasteiger partial charge in [-0.25, -0.2) is 4.99 Å². The molecule has 30 heavy (non-hydrogen) atoms. The number of nitrogens with two attached hydrogens (primary N) is 1. The summed E-state index contributed by atoms with van der Waals surface area (Å²) in [5.41, 5.74) is 7.17. The van der Waals surface area contributed by atoms with E-state index in [2.05, 4.69) is 43.4 Å². The standard InChI is InChI=1S/C19H29BrN6O3S/c1-2-22-6-3-11-30(28)26-9-7-25(8-10-26)14-4-5-15(20)16(12-14)23-18(27)17-13-29-19(21)24-17/h4-5,12,17,22H,2-3,6-11,13H2,1H3,(H2,21,24)(H,23,27). The van der Waals surface area contributed by atoms with Gasteiger partial charge < -0.3 is 30.6 Å². The molecule has 0 aliphatic carbocycles. The van der Waals surface area contributed by atoms with Crippen molar-refractivity contribution in [3.8, 4) is 0 Å². The molecule has 3 rings (SSSR count). The van der Waals surface area contributed by atoms with E-state index in [-0.39, 0.29) is 18.5 Å². The third kappa shape index (κ3) is 6.24. The number of carbonyl (C=O) groups is 1. The number of anilines is 2. The number of ether oxygens (including phenoxy) is 1. The van der Waals surface area contributed by atoms with E-state index >= 15 is 0 Å². The summed E-state index contributed by atoms with van der Waals surface area (Å²) in [4.78, 5) is 18.6. The third-order valence-electron chi connectivity index (χ3n) is 5.00. The van der Waals surface area contributed by atoms with Crippen molar-refractivity contribution in [1.29, 1.82) is 0 Å². The normalized spacial score (nSPS) is 20.6. The van der Waals surface area contributed by atoms with Crippen molar-refractivity contribution in [2.24, 2.45) is 10.7 Å². The van der Waals surface area contributed by atoms with Crippen LogP contribution in [0.2, 0.25) is 0 Å². The summed E-state index contributed by atoms with van der Waals surface area (Å²) in [6.07, 6.45) is 0.915. The van der Waals surface area contributed by atoms with Crippen LogP contribution in [0.4, 0.5) is 11.4 Å². The second-order valence-corrected chi connectivity index (χ2v) is 9.52. The van der Waals surface area contributed by atoms with E-state index < -0.39 is 17.4 Å². The van der Waals surface area contributed by atoms with Crippen LogP contribution in [0.25, 0.3) is 0 Å². The predicted octanol–water partition coefficient (Wildman–Crippen LogP) is 0.886. The number of halogens is 1. The average Bonchev–Trinajstić information content (AvgIpc) is 3.19. The zero-order valence-corrected chi connectivity index (χ0v) is 19.5. The molecule has 0 saturated carbocycles. The minimum Gasteiger partial charge on any atom is -0.598 e. The number of amidine groups is 1. The molecule has 2 atom stereocenters. The Morgan fingerprint density at radius 1 is 1.40 bits per heavy atom. The lowest BCUT2D eigenvalue weighted by molar-refractivity contribution is -0.117. The zero-order chi connectivity index (χ0) is 21.5. The van der Waals surface area contributed by atoms with Crippen LogP contribution in [0.1, 0.15) is 13.3 Å². The van der Waals surface area contributed by atoms with Crippen LogP contribution in [-0.2, 0) is 20.9 Å². The van der Waals surface area contributed by atoms with Gasteiger partial charge >= 0.3 is 0 Å². The van der Waals surface area contributed by atoms with Gasteiger partial charge in [0.1, 0.15) is 12.4 Å². The van der Waals surface area contributed by atoms with E-state index in [0.29, 0.717) is 11.4 Å². The summed E-state index contributed by atoms with van der Waals surface area (Å²) in [5, 5.41) is 6.16. The topological polar surface area (TPSA) is 118 Å². The molecule has 2 unspecified atom stereocenters. The average molecular weight is 501 g/mol. The largest absolute Gasteiger partial charge is 0.598 e. The molecular formula is C19H29BrN6O3S. The monoisotopic (exact) mass is 500 g/mol. The number of piperazine rings is 1. The van der Waals surface area contributed by atoms with Crippen LogP contribution < -0.4 is 21.3 Å². The predicted molar refractivity (Wildman–Crippen MR) is 124 cm³/mol. The molecule has 1 fully saturated rings. The third-order valence-corrected chi connectivity index (χ3v) is 7.27. The SMILES string of the molecule is CCNCCC[S+]([O-])N1CCN(c2ccc(Br)c(NC(=O)C3COC(N)=N3)c2)CC1. The highest BCUT2D eigenvalue weighted by Gasteiger charge is 2.27. The van der Waals surface area contributed by atoms with Gasteiger partial charge in [0.15, 0.2) is 6.04 Å². The lowest BCUT2D eigenvalue weighted by Crippen LogP contribution is -2.49. The highest BCUT2D eigenvalue weighted by molar-refractivity contribution is 9.10. The number of nitrogens with one attached hydrogen (secondary N) is 2. The Morgan fingerprint density at radius 3 is 2.83 bits per heavy atom. The van der Waals surface area contributed by atoms with Gasteiger partial charge in [-0.1, -0.05) is 6.92 Å². The first-order valence-electron chi connectivity index (χ1n) is 10.1. The maximum Gasteiger partial charge on any atom is 0.282 e. The minimum absolute atomic E-state index is 0.0415. The molecule has 11 heteroatoms. The molecule has 0 aromatic heterocycles. The number of benzene rings is 1. The second kappa shape index (κ2) is 11.2. The maximum atomic E-state index is 12.5.